The fraction of sp³-hybridized carbons (Fsp3) is 0.417. The molecule has 1 fully saturated rings. The largest absolute Gasteiger partial charge is 0.446 e. The zero-order valence-electron chi connectivity index (χ0n) is 19.0. The normalized spacial score (nSPS) is 20.1. The van der Waals surface area contributed by atoms with Crippen LogP contribution in [-0.4, -0.2) is 32.3 Å². The minimum atomic E-state index is -1.05. The van der Waals surface area contributed by atoms with E-state index in [9.17, 15) is 9.90 Å². The third-order valence-corrected chi connectivity index (χ3v) is 7.38. The second-order valence-corrected chi connectivity index (χ2v) is 9.85. The van der Waals surface area contributed by atoms with E-state index in [1.54, 1.807) is 6.20 Å². The van der Waals surface area contributed by atoms with Crippen LogP contribution in [0.15, 0.2) is 36.7 Å². The van der Waals surface area contributed by atoms with E-state index in [0.29, 0.717) is 23.8 Å². The highest BCUT2D eigenvalue weighted by atomic mass is 32.1. The van der Waals surface area contributed by atoms with Crippen LogP contribution in [0.4, 0.5) is 16.4 Å². The van der Waals surface area contributed by atoms with Crippen molar-refractivity contribution in [3.8, 4) is 10.4 Å². The lowest BCUT2D eigenvalue weighted by atomic mass is 9.77. The SMILES string of the molecule is Cc1cc(Nc2nccc(C)n2)cc(-c2cnc(C(C)(O)C3CCC(OC(N)=O)CC3)s2)c1. The first-order valence-corrected chi connectivity index (χ1v) is 11.9. The van der Waals surface area contributed by atoms with Gasteiger partial charge in [-0.1, -0.05) is 6.07 Å². The molecule has 1 aromatic carbocycles. The van der Waals surface area contributed by atoms with Gasteiger partial charge in [-0.05, 0) is 81.7 Å². The summed E-state index contributed by atoms with van der Waals surface area (Å²) in [6, 6.07) is 8.03. The van der Waals surface area contributed by atoms with Crippen molar-refractivity contribution in [2.75, 3.05) is 5.32 Å². The number of nitrogens with two attached hydrogens (primary N) is 1. The van der Waals surface area contributed by atoms with Crippen LogP contribution < -0.4 is 11.1 Å². The summed E-state index contributed by atoms with van der Waals surface area (Å²) in [6.07, 6.45) is 5.51. The molecule has 4 rings (SSSR count). The molecular weight excluding hydrogens is 438 g/mol. The number of primary amides is 1. The van der Waals surface area contributed by atoms with Crippen LogP contribution >= 0.6 is 11.3 Å². The van der Waals surface area contributed by atoms with Gasteiger partial charge in [-0.2, -0.15) is 0 Å². The Morgan fingerprint density at radius 3 is 2.67 bits per heavy atom. The molecular formula is C24H29N5O3S. The number of ether oxygens (including phenoxy) is 1. The summed E-state index contributed by atoms with van der Waals surface area (Å²) >= 11 is 1.50. The Bertz CT molecular complexity index is 1140. The van der Waals surface area contributed by atoms with Crippen molar-refractivity contribution in [2.24, 2.45) is 11.7 Å². The summed E-state index contributed by atoms with van der Waals surface area (Å²) in [6.45, 7) is 5.79. The van der Waals surface area contributed by atoms with Crippen LogP contribution in [0.3, 0.4) is 0 Å². The molecule has 3 aromatic rings. The Kier molecular flexibility index (Phi) is 6.62. The first-order valence-electron chi connectivity index (χ1n) is 11.0. The average molecular weight is 468 g/mol. The second kappa shape index (κ2) is 9.44. The van der Waals surface area contributed by atoms with E-state index in [0.717, 1.165) is 40.2 Å². The molecule has 1 saturated carbocycles. The number of hydrogen-bond acceptors (Lipinski definition) is 8. The van der Waals surface area contributed by atoms with Crippen molar-refractivity contribution in [2.45, 2.75) is 58.2 Å². The number of aryl methyl sites for hydroxylation is 2. The number of aliphatic hydroxyl groups is 1. The van der Waals surface area contributed by atoms with Crippen LogP contribution in [0.2, 0.25) is 0 Å². The van der Waals surface area contributed by atoms with Gasteiger partial charge in [0.05, 0.1) is 4.88 Å². The van der Waals surface area contributed by atoms with Crippen molar-refractivity contribution in [3.05, 3.63) is 52.9 Å². The fourth-order valence-corrected chi connectivity index (χ4v) is 5.39. The van der Waals surface area contributed by atoms with E-state index in [1.165, 1.54) is 11.3 Å². The minimum Gasteiger partial charge on any atom is -0.446 e. The van der Waals surface area contributed by atoms with Crippen molar-refractivity contribution in [1.82, 2.24) is 15.0 Å². The maximum atomic E-state index is 11.4. The summed E-state index contributed by atoms with van der Waals surface area (Å²) in [5, 5.41) is 15.3. The Morgan fingerprint density at radius 2 is 1.97 bits per heavy atom. The van der Waals surface area contributed by atoms with E-state index in [-0.39, 0.29) is 12.0 Å². The van der Waals surface area contributed by atoms with Crippen LogP contribution in [-0.2, 0) is 10.3 Å². The summed E-state index contributed by atoms with van der Waals surface area (Å²) < 4.78 is 5.12. The monoisotopic (exact) mass is 467 g/mol. The van der Waals surface area contributed by atoms with Gasteiger partial charge in [-0.25, -0.2) is 19.7 Å². The molecule has 1 aliphatic carbocycles. The van der Waals surface area contributed by atoms with E-state index >= 15 is 0 Å². The topological polar surface area (TPSA) is 123 Å². The van der Waals surface area contributed by atoms with Crippen LogP contribution in [0, 0.1) is 19.8 Å². The van der Waals surface area contributed by atoms with Gasteiger partial charge < -0.3 is 20.9 Å². The molecule has 174 valence electrons. The van der Waals surface area contributed by atoms with Crippen molar-refractivity contribution in [1.29, 1.82) is 0 Å². The number of aromatic nitrogens is 3. The predicted molar refractivity (Wildman–Crippen MR) is 128 cm³/mol. The highest BCUT2D eigenvalue weighted by molar-refractivity contribution is 7.15. The van der Waals surface area contributed by atoms with Gasteiger partial charge in [0, 0.05) is 23.8 Å². The number of carbonyl (C=O) groups excluding carboxylic acids is 1. The van der Waals surface area contributed by atoms with Gasteiger partial charge in [0.15, 0.2) is 0 Å². The Labute approximate surface area is 197 Å². The molecule has 0 saturated heterocycles. The molecule has 4 N–H and O–H groups in total. The van der Waals surface area contributed by atoms with Gasteiger partial charge in [0.2, 0.25) is 5.95 Å². The second-order valence-electron chi connectivity index (χ2n) is 8.82. The Hall–Kier alpha value is -3.04. The number of nitrogens with one attached hydrogen (secondary N) is 1. The van der Waals surface area contributed by atoms with Gasteiger partial charge in [-0.3, -0.25) is 0 Å². The molecule has 1 aliphatic rings. The summed E-state index contributed by atoms with van der Waals surface area (Å²) in [5.41, 5.74) is 7.98. The minimum absolute atomic E-state index is 0.0393. The molecule has 1 atom stereocenters. The molecule has 2 heterocycles. The molecule has 33 heavy (non-hydrogen) atoms. The summed E-state index contributed by atoms with van der Waals surface area (Å²) in [5.74, 6) is 0.591. The van der Waals surface area contributed by atoms with Crippen LogP contribution in [0.25, 0.3) is 10.4 Å². The van der Waals surface area contributed by atoms with Crippen LogP contribution in [0.5, 0.6) is 0 Å². The van der Waals surface area contributed by atoms with E-state index < -0.39 is 11.7 Å². The highest BCUT2D eigenvalue weighted by Gasteiger charge is 2.39. The first-order chi connectivity index (χ1) is 15.7. The maximum absolute atomic E-state index is 11.4. The molecule has 0 radical (unpaired) electrons. The summed E-state index contributed by atoms with van der Waals surface area (Å²) in [4.78, 5) is 25.2. The quantitative estimate of drug-likeness (QED) is 0.475. The molecule has 9 heteroatoms. The van der Waals surface area contributed by atoms with Gasteiger partial charge in [-0.15, -0.1) is 11.3 Å². The number of hydrogen-bond donors (Lipinski definition) is 3. The van der Waals surface area contributed by atoms with Crippen LogP contribution in [0.1, 0.15) is 48.9 Å². The lowest BCUT2D eigenvalue weighted by Crippen LogP contribution is -2.37. The average Bonchev–Trinajstić information content (AvgIpc) is 3.25. The predicted octanol–water partition coefficient (Wildman–Crippen LogP) is 4.82. The summed E-state index contributed by atoms with van der Waals surface area (Å²) in [7, 11) is 0. The number of rotatable bonds is 6. The number of thiazole rings is 1. The lowest BCUT2D eigenvalue weighted by molar-refractivity contribution is -0.0395. The maximum Gasteiger partial charge on any atom is 0.404 e. The van der Waals surface area contributed by atoms with Crippen molar-refractivity contribution in [3.63, 3.8) is 0 Å². The molecule has 8 nitrogen and oxygen atoms in total. The Balaban J connectivity index is 1.51. The first kappa shape index (κ1) is 23.1. The molecule has 2 aromatic heterocycles. The van der Waals surface area contributed by atoms with Gasteiger partial charge in [0.25, 0.3) is 0 Å². The third-order valence-electron chi connectivity index (χ3n) is 6.10. The number of anilines is 2. The molecule has 0 bridgehead atoms. The smallest absolute Gasteiger partial charge is 0.404 e. The number of nitrogens with zero attached hydrogens (tertiary/aromatic N) is 3. The van der Waals surface area contributed by atoms with E-state index in [1.807, 2.05) is 45.2 Å². The standard InChI is InChI=1S/C24H29N5O3S/c1-14-10-16(12-18(11-14)29-23-26-9-8-15(2)28-23)20-13-27-21(33-20)24(3,31)17-4-6-19(7-5-17)32-22(25)30/h8-13,17,19,31H,4-7H2,1-3H3,(H2,25,30)(H,26,28,29). The third kappa shape index (κ3) is 5.48. The number of carbonyl (C=O) groups is 1. The van der Waals surface area contributed by atoms with E-state index in [4.69, 9.17) is 10.5 Å². The molecule has 0 aliphatic heterocycles. The molecule has 1 unspecified atom stereocenters. The van der Waals surface area contributed by atoms with Gasteiger partial charge >= 0.3 is 6.09 Å². The van der Waals surface area contributed by atoms with Crippen molar-refractivity contribution < 1.29 is 14.6 Å². The molecule has 0 spiro atoms. The number of amides is 1. The number of benzene rings is 1. The molecule has 1 amide bonds. The fourth-order valence-electron chi connectivity index (χ4n) is 4.36. The van der Waals surface area contributed by atoms with Gasteiger partial charge in [0.1, 0.15) is 16.7 Å². The Morgan fingerprint density at radius 1 is 1.21 bits per heavy atom. The highest BCUT2D eigenvalue weighted by Crippen LogP contribution is 2.42. The van der Waals surface area contributed by atoms with E-state index in [2.05, 4.69) is 26.3 Å². The zero-order valence-corrected chi connectivity index (χ0v) is 19.9. The van der Waals surface area contributed by atoms with Crippen molar-refractivity contribution >= 4 is 29.1 Å². The zero-order chi connectivity index (χ0) is 23.6. The lowest BCUT2D eigenvalue weighted by Gasteiger charge is -2.36.